The Morgan fingerprint density at radius 1 is 1.67 bits per heavy atom. The van der Waals surface area contributed by atoms with Gasteiger partial charge in [-0.05, 0) is 19.9 Å². The molecule has 4 N–H and O–H groups in total. The zero-order valence-electron chi connectivity index (χ0n) is 7.09. The summed E-state index contributed by atoms with van der Waals surface area (Å²) in [6, 6.07) is 1.50. The minimum atomic E-state index is -0.607. The summed E-state index contributed by atoms with van der Waals surface area (Å²) in [5.41, 5.74) is 6.52. The number of hydrogen-bond acceptors (Lipinski definition) is 3. The Balaban J connectivity index is 3.33. The molecule has 0 saturated heterocycles. The van der Waals surface area contributed by atoms with Crippen LogP contribution in [0.25, 0.3) is 0 Å². The Morgan fingerprint density at radius 2 is 2.25 bits per heavy atom. The highest BCUT2D eigenvalue weighted by Crippen LogP contribution is 2.14. The van der Waals surface area contributed by atoms with Crippen LogP contribution >= 0.6 is 0 Å². The van der Waals surface area contributed by atoms with Gasteiger partial charge in [0.05, 0.1) is 11.8 Å². The summed E-state index contributed by atoms with van der Waals surface area (Å²) >= 11 is 0. The molecule has 1 unspecified atom stereocenters. The van der Waals surface area contributed by atoms with Gasteiger partial charge < -0.3 is 15.8 Å². The van der Waals surface area contributed by atoms with E-state index < -0.39 is 6.10 Å². The molecule has 0 amide bonds. The van der Waals surface area contributed by atoms with Crippen LogP contribution in [0, 0.1) is 6.92 Å². The highest BCUT2D eigenvalue weighted by atomic mass is 16.3. The molecular formula is C8H12N2O2. The number of H-pyrrole nitrogens is 1. The molecule has 0 aliphatic rings. The third kappa shape index (κ3) is 1.48. The van der Waals surface area contributed by atoms with Gasteiger partial charge in [0.25, 0.3) is 5.56 Å². The van der Waals surface area contributed by atoms with Crippen molar-refractivity contribution in [3.8, 4) is 0 Å². The molecule has 0 aliphatic heterocycles. The lowest BCUT2D eigenvalue weighted by Crippen LogP contribution is -2.15. The summed E-state index contributed by atoms with van der Waals surface area (Å²) in [5, 5.41) is 9.24. The van der Waals surface area contributed by atoms with Crippen molar-refractivity contribution < 1.29 is 5.11 Å². The molecule has 0 fully saturated rings. The Kier molecular flexibility index (Phi) is 2.19. The van der Waals surface area contributed by atoms with Crippen molar-refractivity contribution in [2.24, 2.45) is 0 Å². The van der Waals surface area contributed by atoms with Crippen LogP contribution in [0.2, 0.25) is 0 Å². The quantitative estimate of drug-likeness (QED) is 0.565. The van der Waals surface area contributed by atoms with Gasteiger partial charge in [0.2, 0.25) is 0 Å². The van der Waals surface area contributed by atoms with Crippen molar-refractivity contribution in [3.63, 3.8) is 0 Å². The van der Waals surface area contributed by atoms with Gasteiger partial charge in [-0.1, -0.05) is 0 Å². The number of aromatic nitrogens is 1. The van der Waals surface area contributed by atoms with E-state index in [-0.39, 0.29) is 11.2 Å². The number of nitrogens with two attached hydrogens (primary N) is 1. The zero-order chi connectivity index (χ0) is 9.30. The van der Waals surface area contributed by atoms with E-state index in [0.29, 0.717) is 11.3 Å². The SMILES string of the molecule is Cc1[nH]c(=O)c(N)cc1C(C)O. The zero-order valence-corrected chi connectivity index (χ0v) is 7.09. The molecule has 0 aliphatic carbocycles. The summed E-state index contributed by atoms with van der Waals surface area (Å²) in [7, 11) is 0. The summed E-state index contributed by atoms with van der Waals surface area (Å²) in [5.74, 6) is 0. The number of nitrogen functional groups attached to an aromatic ring is 1. The fourth-order valence-electron chi connectivity index (χ4n) is 1.09. The average molecular weight is 168 g/mol. The monoisotopic (exact) mass is 168 g/mol. The van der Waals surface area contributed by atoms with Gasteiger partial charge in [-0.3, -0.25) is 4.79 Å². The summed E-state index contributed by atoms with van der Waals surface area (Å²) in [4.78, 5) is 13.5. The number of rotatable bonds is 1. The normalized spacial score (nSPS) is 12.9. The van der Waals surface area contributed by atoms with Crippen LogP contribution in [0.4, 0.5) is 5.69 Å². The molecule has 0 radical (unpaired) electrons. The first kappa shape index (κ1) is 8.80. The topological polar surface area (TPSA) is 79.1 Å². The smallest absolute Gasteiger partial charge is 0.271 e. The van der Waals surface area contributed by atoms with Crippen molar-refractivity contribution in [3.05, 3.63) is 27.7 Å². The molecule has 1 atom stereocenters. The largest absolute Gasteiger partial charge is 0.394 e. The molecule has 1 heterocycles. The van der Waals surface area contributed by atoms with Crippen LogP contribution in [-0.4, -0.2) is 10.1 Å². The van der Waals surface area contributed by atoms with Crippen molar-refractivity contribution in [2.75, 3.05) is 5.73 Å². The van der Waals surface area contributed by atoms with Gasteiger partial charge in [-0.25, -0.2) is 0 Å². The number of aryl methyl sites for hydroxylation is 1. The van der Waals surface area contributed by atoms with Crippen LogP contribution in [0.3, 0.4) is 0 Å². The highest BCUT2D eigenvalue weighted by Gasteiger charge is 2.07. The van der Waals surface area contributed by atoms with Gasteiger partial charge in [0.15, 0.2) is 0 Å². The Hall–Kier alpha value is -1.29. The summed E-state index contributed by atoms with van der Waals surface area (Å²) in [6.07, 6.45) is -0.607. The second kappa shape index (κ2) is 2.98. The van der Waals surface area contributed by atoms with Crippen molar-refractivity contribution >= 4 is 5.69 Å². The first-order valence-corrected chi connectivity index (χ1v) is 3.69. The van der Waals surface area contributed by atoms with Crippen LogP contribution < -0.4 is 11.3 Å². The third-order valence-corrected chi connectivity index (χ3v) is 1.76. The molecule has 66 valence electrons. The van der Waals surface area contributed by atoms with E-state index in [1.807, 2.05) is 0 Å². The van der Waals surface area contributed by atoms with E-state index in [1.54, 1.807) is 13.8 Å². The predicted molar refractivity (Wildman–Crippen MR) is 46.8 cm³/mol. The number of anilines is 1. The molecule has 1 rings (SSSR count). The predicted octanol–water partition coefficient (Wildman–Crippen LogP) is 0.319. The molecule has 12 heavy (non-hydrogen) atoms. The lowest BCUT2D eigenvalue weighted by Gasteiger charge is -2.08. The lowest BCUT2D eigenvalue weighted by atomic mass is 10.1. The fraction of sp³-hybridized carbons (Fsp3) is 0.375. The molecule has 1 aromatic heterocycles. The summed E-state index contributed by atoms with van der Waals surface area (Å²) < 4.78 is 0. The first-order valence-electron chi connectivity index (χ1n) is 3.69. The Bertz CT molecular complexity index is 341. The maximum absolute atomic E-state index is 11.0. The second-order valence-corrected chi connectivity index (χ2v) is 2.81. The molecular weight excluding hydrogens is 156 g/mol. The third-order valence-electron chi connectivity index (χ3n) is 1.76. The Morgan fingerprint density at radius 3 is 2.75 bits per heavy atom. The number of aliphatic hydroxyl groups excluding tert-OH is 1. The van der Waals surface area contributed by atoms with E-state index in [1.165, 1.54) is 6.07 Å². The van der Waals surface area contributed by atoms with Gasteiger partial charge >= 0.3 is 0 Å². The summed E-state index contributed by atoms with van der Waals surface area (Å²) in [6.45, 7) is 3.35. The van der Waals surface area contributed by atoms with Crippen LogP contribution in [0.5, 0.6) is 0 Å². The molecule has 0 spiro atoms. The van der Waals surface area contributed by atoms with E-state index in [9.17, 15) is 9.90 Å². The average Bonchev–Trinajstić information content (AvgIpc) is 1.96. The minimum absolute atomic E-state index is 0.136. The molecule has 0 bridgehead atoms. The van der Waals surface area contributed by atoms with Crippen LogP contribution in [-0.2, 0) is 0 Å². The molecule has 1 aromatic rings. The van der Waals surface area contributed by atoms with E-state index in [2.05, 4.69) is 4.98 Å². The number of hydrogen-bond donors (Lipinski definition) is 3. The van der Waals surface area contributed by atoms with E-state index in [0.717, 1.165) is 0 Å². The van der Waals surface area contributed by atoms with Gasteiger partial charge in [-0.15, -0.1) is 0 Å². The van der Waals surface area contributed by atoms with Gasteiger partial charge in [0, 0.05) is 11.3 Å². The lowest BCUT2D eigenvalue weighted by molar-refractivity contribution is 0.198. The number of pyridine rings is 1. The van der Waals surface area contributed by atoms with Crippen LogP contribution in [0.1, 0.15) is 24.3 Å². The van der Waals surface area contributed by atoms with Crippen molar-refractivity contribution in [1.29, 1.82) is 0 Å². The van der Waals surface area contributed by atoms with E-state index in [4.69, 9.17) is 5.73 Å². The maximum Gasteiger partial charge on any atom is 0.271 e. The van der Waals surface area contributed by atoms with E-state index >= 15 is 0 Å². The first-order chi connectivity index (χ1) is 5.52. The second-order valence-electron chi connectivity index (χ2n) is 2.81. The fourth-order valence-corrected chi connectivity index (χ4v) is 1.09. The maximum atomic E-state index is 11.0. The molecule has 0 saturated carbocycles. The number of aliphatic hydroxyl groups is 1. The molecule has 4 heteroatoms. The minimum Gasteiger partial charge on any atom is -0.394 e. The Labute approximate surface area is 70.0 Å². The molecule has 4 nitrogen and oxygen atoms in total. The van der Waals surface area contributed by atoms with Gasteiger partial charge in [0.1, 0.15) is 0 Å². The van der Waals surface area contributed by atoms with Crippen LogP contribution in [0.15, 0.2) is 10.9 Å². The number of aromatic amines is 1. The highest BCUT2D eigenvalue weighted by molar-refractivity contribution is 5.40. The molecule has 0 aromatic carbocycles. The van der Waals surface area contributed by atoms with Crippen molar-refractivity contribution in [2.45, 2.75) is 20.0 Å². The standard InChI is InChI=1S/C8H12N2O2/c1-4-6(5(2)11)3-7(9)8(12)10-4/h3,5,11H,9H2,1-2H3,(H,10,12). The van der Waals surface area contributed by atoms with Crippen molar-refractivity contribution in [1.82, 2.24) is 4.98 Å². The number of nitrogens with one attached hydrogen (secondary N) is 1. The van der Waals surface area contributed by atoms with Gasteiger partial charge in [-0.2, -0.15) is 0 Å².